The molecular weight excluding hydrogens is 417 g/mol. The summed E-state index contributed by atoms with van der Waals surface area (Å²) in [6, 6.07) is 23.9. The van der Waals surface area contributed by atoms with Crippen LogP contribution < -0.4 is 0 Å². The average molecular weight is 454 g/mol. The minimum absolute atomic E-state index is 0.206. The van der Waals surface area contributed by atoms with Gasteiger partial charge in [-0.2, -0.15) is 5.26 Å². The van der Waals surface area contributed by atoms with Crippen LogP contribution in [0.2, 0.25) is 0 Å². The number of nitriles is 1. The molecule has 0 aromatic heterocycles. The number of nitrogens with zero attached hydrogens (tertiary/aromatic N) is 1. The van der Waals surface area contributed by atoms with Gasteiger partial charge in [-0.3, -0.25) is 0 Å². The predicted octanol–water partition coefficient (Wildman–Crippen LogP) is 9.00. The van der Waals surface area contributed by atoms with Gasteiger partial charge in [-0.1, -0.05) is 81.1 Å². The Morgan fingerprint density at radius 1 is 0.824 bits per heavy atom. The Hall–Kier alpha value is -2.92. The number of benzene rings is 3. The molecule has 1 aliphatic rings. The number of hydrogen-bond donors (Lipinski definition) is 0. The molecule has 1 fully saturated rings. The Bertz CT molecular complexity index is 1080. The molecule has 1 aliphatic carbocycles. The smallest absolute Gasteiger partial charge is 0.131 e. The molecule has 0 saturated heterocycles. The summed E-state index contributed by atoms with van der Waals surface area (Å²) in [5.74, 6) is 1.47. The SMILES string of the molecule is CCCCCC1CCC(c2ccc(CCc3ccc(-c4ccc(C#N)cc4)c(F)c3)cc2)CC1. The first-order valence-corrected chi connectivity index (χ1v) is 13.0. The molecule has 0 atom stereocenters. The summed E-state index contributed by atoms with van der Waals surface area (Å²) in [5.41, 5.74) is 5.79. The van der Waals surface area contributed by atoms with Gasteiger partial charge in [0.15, 0.2) is 0 Å². The molecule has 1 nitrogen and oxygen atoms in total. The second kappa shape index (κ2) is 12.0. The van der Waals surface area contributed by atoms with Crippen LogP contribution in [0.1, 0.15) is 86.5 Å². The van der Waals surface area contributed by atoms with E-state index in [1.807, 2.05) is 12.1 Å². The first-order valence-electron chi connectivity index (χ1n) is 13.0. The summed E-state index contributed by atoms with van der Waals surface area (Å²) in [5, 5.41) is 8.94. The summed E-state index contributed by atoms with van der Waals surface area (Å²) < 4.78 is 14.8. The van der Waals surface area contributed by atoms with Crippen LogP contribution in [-0.4, -0.2) is 0 Å². The van der Waals surface area contributed by atoms with Crippen molar-refractivity contribution in [3.8, 4) is 17.2 Å². The highest BCUT2D eigenvalue weighted by Crippen LogP contribution is 2.37. The van der Waals surface area contributed by atoms with Gasteiger partial charge in [0.1, 0.15) is 5.82 Å². The fourth-order valence-corrected chi connectivity index (χ4v) is 5.39. The van der Waals surface area contributed by atoms with E-state index in [9.17, 15) is 4.39 Å². The zero-order valence-electron chi connectivity index (χ0n) is 20.4. The lowest BCUT2D eigenvalue weighted by Gasteiger charge is -2.29. The van der Waals surface area contributed by atoms with Crippen molar-refractivity contribution in [3.05, 3.63) is 94.8 Å². The Morgan fingerprint density at radius 3 is 2.15 bits per heavy atom. The third kappa shape index (κ3) is 6.35. The van der Waals surface area contributed by atoms with Gasteiger partial charge in [-0.05, 0) is 90.8 Å². The molecular formula is C32H36FN. The van der Waals surface area contributed by atoms with Crippen LogP contribution in [0.3, 0.4) is 0 Å². The Balaban J connectivity index is 1.29. The van der Waals surface area contributed by atoms with Crippen molar-refractivity contribution in [2.45, 2.75) is 77.0 Å². The second-order valence-electron chi connectivity index (χ2n) is 9.96. The summed E-state index contributed by atoms with van der Waals surface area (Å²) in [4.78, 5) is 0. The molecule has 0 spiro atoms. The highest BCUT2D eigenvalue weighted by molar-refractivity contribution is 5.65. The fourth-order valence-electron chi connectivity index (χ4n) is 5.39. The lowest BCUT2D eigenvalue weighted by molar-refractivity contribution is 0.303. The molecule has 3 aromatic rings. The van der Waals surface area contributed by atoms with Gasteiger partial charge in [-0.15, -0.1) is 0 Å². The first-order chi connectivity index (χ1) is 16.7. The van der Waals surface area contributed by atoms with Gasteiger partial charge in [0.25, 0.3) is 0 Å². The van der Waals surface area contributed by atoms with Gasteiger partial charge in [0, 0.05) is 5.56 Å². The molecule has 4 rings (SSSR count). The predicted molar refractivity (Wildman–Crippen MR) is 139 cm³/mol. The summed E-state index contributed by atoms with van der Waals surface area (Å²) >= 11 is 0. The van der Waals surface area contributed by atoms with E-state index in [2.05, 4.69) is 37.3 Å². The Kier molecular flexibility index (Phi) is 8.53. The topological polar surface area (TPSA) is 23.8 Å². The van der Waals surface area contributed by atoms with Gasteiger partial charge >= 0.3 is 0 Å². The maximum Gasteiger partial charge on any atom is 0.131 e. The van der Waals surface area contributed by atoms with E-state index in [0.717, 1.165) is 35.8 Å². The van der Waals surface area contributed by atoms with E-state index < -0.39 is 0 Å². The summed E-state index contributed by atoms with van der Waals surface area (Å²) in [7, 11) is 0. The molecule has 3 aromatic carbocycles. The van der Waals surface area contributed by atoms with Gasteiger partial charge in [-0.25, -0.2) is 4.39 Å². The van der Waals surface area contributed by atoms with Crippen LogP contribution in [0, 0.1) is 23.1 Å². The molecule has 0 aliphatic heterocycles. The number of halogens is 1. The zero-order chi connectivity index (χ0) is 23.8. The van der Waals surface area contributed by atoms with Crippen LogP contribution in [-0.2, 0) is 12.8 Å². The van der Waals surface area contributed by atoms with Crippen LogP contribution in [0.4, 0.5) is 4.39 Å². The third-order valence-electron chi connectivity index (χ3n) is 7.57. The number of hydrogen-bond acceptors (Lipinski definition) is 1. The van der Waals surface area contributed by atoms with E-state index in [1.165, 1.54) is 62.5 Å². The van der Waals surface area contributed by atoms with Crippen LogP contribution in [0.5, 0.6) is 0 Å². The van der Waals surface area contributed by atoms with Crippen molar-refractivity contribution in [1.82, 2.24) is 0 Å². The monoisotopic (exact) mass is 453 g/mol. The Morgan fingerprint density at radius 2 is 1.50 bits per heavy atom. The van der Waals surface area contributed by atoms with Crippen molar-refractivity contribution in [2.75, 3.05) is 0 Å². The molecule has 0 radical (unpaired) electrons. The Labute approximate surface area is 204 Å². The van der Waals surface area contributed by atoms with Crippen molar-refractivity contribution in [1.29, 1.82) is 5.26 Å². The van der Waals surface area contributed by atoms with Gasteiger partial charge in [0.05, 0.1) is 11.6 Å². The van der Waals surface area contributed by atoms with E-state index in [-0.39, 0.29) is 5.82 Å². The first kappa shape index (κ1) is 24.2. The zero-order valence-corrected chi connectivity index (χ0v) is 20.4. The van der Waals surface area contributed by atoms with Crippen LogP contribution in [0.25, 0.3) is 11.1 Å². The van der Waals surface area contributed by atoms with Crippen LogP contribution in [0.15, 0.2) is 66.7 Å². The maximum atomic E-state index is 14.8. The summed E-state index contributed by atoms with van der Waals surface area (Å²) in [6.07, 6.45) is 12.7. The molecule has 0 unspecified atom stereocenters. The van der Waals surface area contributed by atoms with Crippen molar-refractivity contribution < 1.29 is 4.39 Å². The largest absolute Gasteiger partial charge is 0.206 e. The van der Waals surface area contributed by atoms with Crippen LogP contribution >= 0.6 is 0 Å². The number of aryl methyl sites for hydroxylation is 2. The van der Waals surface area contributed by atoms with E-state index in [1.54, 1.807) is 30.3 Å². The average Bonchev–Trinajstić information content (AvgIpc) is 2.89. The van der Waals surface area contributed by atoms with E-state index in [0.29, 0.717) is 11.1 Å². The quantitative estimate of drug-likeness (QED) is 0.297. The molecule has 0 heterocycles. The lowest BCUT2D eigenvalue weighted by Crippen LogP contribution is -2.13. The minimum Gasteiger partial charge on any atom is -0.206 e. The number of rotatable bonds is 9. The third-order valence-corrected chi connectivity index (χ3v) is 7.57. The molecule has 0 N–H and O–H groups in total. The van der Waals surface area contributed by atoms with Gasteiger partial charge in [0.2, 0.25) is 0 Å². The highest BCUT2D eigenvalue weighted by Gasteiger charge is 2.22. The van der Waals surface area contributed by atoms with E-state index in [4.69, 9.17) is 5.26 Å². The second-order valence-corrected chi connectivity index (χ2v) is 9.96. The minimum atomic E-state index is -0.206. The molecule has 0 amide bonds. The molecule has 34 heavy (non-hydrogen) atoms. The maximum absolute atomic E-state index is 14.8. The highest BCUT2D eigenvalue weighted by atomic mass is 19.1. The fraction of sp³-hybridized carbons (Fsp3) is 0.406. The van der Waals surface area contributed by atoms with Crippen molar-refractivity contribution in [2.24, 2.45) is 5.92 Å². The molecule has 1 saturated carbocycles. The lowest BCUT2D eigenvalue weighted by atomic mass is 9.77. The normalized spacial score (nSPS) is 17.9. The van der Waals surface area contributed by atoms with E-state index >= 15 is 0 Å². The molecule has 2 heteroatoms. The summed E-state index contributed by atoms with van der Waals surface area (Å²) in [6.45, 7) is 2.29. The number of unbranched alkanes of at least 4 members (excludes halogenated alkanes) is 2. The van der Waals surface area contributed by atoms with Gasteiger partial charge < -0.3 is 0 Å². The standard InChI is InChI=1S/C32H36FN/c1-2-3-4-5-24-8-15-28(16-9-24)29-17-10-25(11-18-29)6-7-26-14-21-31(32(33)22-26)30-19-12-27(23-34)13-20-30/h10-14,17-22,24,28H,2-9,15-16H2,1H3. The molecule has 176 valence electrons. The van der Waals surface area contributed by atoms with Crippen molar-refractivity contribution in [3.63, 3.8) is 0 Å². The molecule has 0 bridgehead atoms. The van der Waals surface area contributed by atoms with Crippen molar-refractivity contribution >= 4 is 0 Å².